The molecule has 0 aromatic heterocycles. The van der Waals surface area contributed by atoms with Crippen molar-refractivity contribution in [2.24, 2.45) is 0 Å². The summed E-state index contributed by atoms with van der Waals surface area (Å²) in [5.41, 5.74) is 0.967. The highest BCUT2D eigenvalue weighted by molar-refractivity contribution is 8.14. The number of ether oxygens (including phenoxy) is 1. The van der Waals surface area contributed by atoms with Crippen LogP contribution in [0.5, 0.6) is 0 Å². The second-order valence-corrected chi connectivity index (χ2v) is 4.85. The first-order valence-corrected chi connectivity index (χ1v) is 6.51. The highest BCUT2D eigenvalue weighted by atomic mass is 32.2. The number of rotatable bonds is 3. The van der Waals surface area contributed by atoms with Gasteiger partial charge >= 0.3 is 5.97 Å². The zero-order valence-electron chi connectivity index (χ0n) is 10.1. The summed E-state index contributed by atoms with van der Waals surface area (Å²) in [6, 6.07) is 5.81. The number of esters is 1. The molecular weight excluding hydrogens is 268 g/mol. The van der Waals surface area contributed by atoms with Gasteiger partial charge in [-0.3, -0.25) is 9.59 Å². The molecule has 1 unspecified atom stereocenters. The van der Waals surface area contributed by atoms with E-state index in [1.165, 1.54) is 7.11 Å². The number of amides is 2. The fraction of sp³-hybridized carbons (Fsp3) is 0.250. The maximum Gasteiger partial charge on any atom is 0.337 e. The first-order valence-electron chi connectivity index (χ1n) is 5.52. The van der Waals surface area contributed by atoms with Crippen LogP contribution in [0, 0.1) is 0 Å². The summed E-state index contributed by atoms with van der Waals surface area (Å²) in [5, 5.41) is 5.03. The molecule has 0 aliphatic carbocycles. The van der Waals surface area contributed by atoms with E-state index < -0.39 is 12.0 Å². The van der Waals surface area contributed by atoms with Gasteiger partial charge in [0.2, 0.25) is 5.91 Å². The summed E-state index contributed by atoms with van der Waals surface area (Å²) in [5.74, 6) is -0.285. The van der Waals surface area contributed by atoms with Crippen molar-refractivity contribution < 1.29 is 19.1 Å². The summed E-state index contributed by atoms with van der Waals surface area (Å²) in [6.07, 6.45) is 0. The molecule has 1 aromatic carbocycles. The molecule has 0 bridgehead atoms. The van der Waals surface area contributed by atoms with Crippen molar-refractivity contribution in [1.29, 1.82) is 0 Å². The molecule has 0 radical (unpaired) electrons. The van der Waals surface area contributed by atoms with E-state index in [0.717, 1.165) is 11.8 Å². The van der Waals surface area contributed by atoms with Gasteiger partial charge in [-0.05, 0) is 24.3 Å². The molecule has 1 atom stereocenters. The Balaban J connectivity index is 1.97. The van der Waals surface area contributed by atoms with Crippen LogP contribution in [-0.2, 0) is 9.53 Å². The van der Waals surface area contributed by atoms with Gasteiger partial charge in [0.25, 0.3) is 5.24 Å². The standard InChI is InChI=1S/C12H12N2O4S/c1-18-11(16)7-2-4-8(5-3-7)13-10(15)9-6-19-12(17)14-9/h2-5,9H,6H2,1H3,(H,13,15)(H,14,17). The zero-order chi connectivity index (χ0) is 13.8. The predicted octanol–water partition coefficient (Wildman–Crippen LogP) is 1.24. The third-order valence-electron chi connectivity index (χ3n) is 2.56. The lowest BCUT2D eigenvalue weighted by atomic mass is 10.2. The van der Waals surface area contributed by atoms with Gasteiger partial charge < -0.3 is 15.4 Å². The van der Waals surface area contributed by atoms with Crippen molar-refractivity contribution in [2.45, 2.75) is 6.04 Å². The van der Waals surface area contributed by atoms with Gasteiger partial charge in [0.05, 0.1) is 12.7 Å². The monoisotopic (exact) mass is 280 g/mol. The Bertz CT molecular complexity index is 515. The van der Waals surface area contributed by atoms with Crippen LogP contribution < -0.4 is 10.6 Å². The van der Waals surface area contributed by atoms with E-state index in [1.807, 2.05) is 0 Å². The molecule has 1 aliphatic heterocycles. The van der Waals surface area contributed by atoms with Crippen LogP contribution in [0.3, 0.4) is 0 Å². The molecule has 1 aromatic rings. The Hall–Kier alpha value is -2.02. The van der Waals surface area contributed by atoms with Gasteiger partial charge in [-0.25, -0.2) is 4.79 Å². The summed E-state index contributed by atoms with van der Waals surface area (Å²) in [7, 11) is 1.30. The number of anilines is 1. The highest BCUT2D eigenvalue weighted by Crippen LogP contribution is 2.15. The third-order valence-corrected chi connectivity index (χ3v) is 3.44. The molecule has 2 amide bonds. The SMILES string of the molecule is COC(=O)c1ccc(NC(=O)C2CSC(=O)N2)cc1. The first-order chi connectivity index (χ1) is 9.10. The van der Waals surface area contributed by atoms with Gasteiger partial charge in [0.1, 0.15) is 6.04 Å². The lowest BCUT2D eigenvalue weighted by Crippen LogP contribution is -2.38. The lowest BCUT2D eigenvalue weighted by Gasteiger charge is -2.10. The molecule has 100 valence electrons. The highest BCUT2D eigenvalue weighted by Gasteiger charge is 2.27. The zero-order valence-corrected chi connectivity index (χ0v) is 11.0. The van der Waals surface area contributed by atoms with E-state index in [0.29, 0.717) is 17.0 Å². The van der Waals surface area contributed by atoms with Gasteiger partial charge in [0.15, 0.2) is 0 Å². The Kier molecular flexibility index (Phi) is 4.06. The van der Waals surface area contributed by atoms with E-state index in [1.54, 1.807) is 24.3 Å². The van der Waals surface area contributed by atoms with Crippen LogP contribution in [0.25, 0.3) is 0 Å². The quantitative estimate of drug-likeness (QED) is 0.814. The molecule has 1 heterocycles. The maximum absolute atomic E-state index is 11.8. The van der Waals surface area contributed by atoms with E-state index in [-0.39, 0.29) is 11.1 Å². The molecule has 6 nitrogen and oxygen atoms in total. The number of benzene rings is 1. The smallest absolute Gasteiger partial charge is 0.337 e. The van der Waals surface area contributed by atoms with E-state index >= 15 is 0 Å². The van der Waals surface area contributed by atoms with Gasteiger partial charge in [-0.1, -0.05) is 11.8 Å². The van der Waals surface area contributed by atoms with Gasteiger partial charge in [0, 0.05) is 11.4 Å². The number of hydrogen-bond acceptors (Lipinski definition) is 5. The summed E-state index contributed by atoms with van der Waals surface area (Å²) >= 11 is 1.08. The minimum Gasteiger partial charge on any atom is -0.465 e. The summed E-state index contributed by atoms with van der Waals surface area (Å²) in [6.45, 7) is 0. The van der Waals surface area contributed by atoms with E-state index in [9.17, 15) is 14.4 Å². The van der Waals surface area contributed by atoms with Crippen LogP contribution in [0.15, 0.2) is 24.3 Å². The maximum atomic E-state index is 11.8. The number of hydrogen-bond donors (Lipinski definition) is 2. The van der Waals surface area contributed by atoms with Crippen LogP contribution in [0.1, 0.15) is 10.4 Å². The summed E-state index contributed by atoms with van der Waals surface area (Å²) < 4.78 is 4.57. The molecule has 2 rings (SSSR count). The molecule has 1 fully saturated rings. The largest absolute Gasteiger partial charge is 0.465 e. The molecule has 7 heteroatoms. The van der Waals surface area contributed by atoms with Gasteiger partial charge in [-0.15, -0.1) is 0 Å². The molecule has 0 saturated carbocycles. The average Bonchev–Trinajstić information content (AvgIpc) is 2.85. The van der Waals surface area contributed by atoms with Crippen LogP contribution in [-0.4, -0.2) is 36.0 Å². The van der Waals surface area contributed by atoms with Crippen molar-refractivity contribution in [2.75, 3.05) is 18.2 Å². The Morgan fingerprint density at radius 2 is 2.05 bits per heavy atom. The van der Waals surface area contributed by atoms with Crippen molar-refractivity contribution in [3.05, 3.63) is 29.8 Å². The second-order valence-electron chi connectivity index (χ2n) is 3.85. The van der Waals surface area contributed by atoms with Crippen LogP contribution >= 0.6 is 11.8 Å². The number of carbonyl (C=O) groups is 3. The molecule has 0 spiro atoms. The van der Waals surface area contributed by atoms with Crippen molar-refractivity contribution >= 4 is 34.6 Å². The molecule has 1 aliphatic rings. The lowest BCUT2D eigenvalue weighted by molar-refractivity contribution is -0.117. The van der Waals surface area contributed by atoms with Crippen LogP contribution in [0.2, 0.25) is 0 Å². The Labute approximate surface area is 113 Å². The molecule has 2 N–H and O–H groups in total. The normalized spacial score (nSPS) is 17.7. The fourth-order valence-electron chi connectivity index (χ4n) is 1.56. The second kappa shape index (κ2) is 5.75. The molecule has 19 heavy (non-hydrogen) atoms. The van der Waals surface area contributed by atoms with Crippen molar-refractivity contribution in [3.63, 3.8) is 0 Å². The van der Waals surface area contributed by atoms with Gasteiger partial charge in [-0.2, -0.15) is 0 Å². The minimum atomic E-state index is -0.516. The summed E-state index contributed by atoms with van der Waals surface area (Å²) in [4.78, 5) is 34.0. The van der Waals surface area contributed by atoms with Crippen molar-refractivity contribution in [3.8, 4) is 0 Å². The molecular formula is C12H12N2O4S. The number of methoxy groups -OCH3 is 1. The average molecular weight is 280 g/mol. The van der Waals surface area contributed by atoms with Crippen LogP contribution in [0.4, 0.5) is 10.5 Å². The number of thioether (sulfide) groups is 1. The van der Waals surface area contributed by atoms with E-state index in [4.69, 9.17) is 0 Å². The van der Waals surface area contributed by atoms with Crippen molar-refractivity contribution in [1.82, 2.24) is 5.32 Å². The number of nitrogens with one attached hydrogen (secondary N) is 2. The third kappa shape index (κ3) is 3.25. The topological polar surface area (TPSA) is 84.5 Å². The Morgan fingerprint density at radius 1 is 1.37 bits per heavy atom. The predicted molar refractivity (Wildman–Crippen MR) is 71.2 cm³/mol. The Morgan fingerprint density at radius 3 is 2.58 bits per heavy atom. The minimum absolute atomic E-state index is 0.193. The fourth-order valence-corrected chi connectivity index (χ4v) is 2.34. The molecule has 1 saturated heterocycles. The van der Waals surface area contributed by atoms with E-state index in [2.05, 4.69) is 15.4 Å². The first kappa shape index (κ1) is 13.4. The number of carbonyl (C=O) groups excluding carboxylic acids is 3.